The van der Waals surface area contributed by atoms with Crippen LogP contribution in [0.15, 0.2) is 35.6 Å². The maximum atomic E-state index is 4.29. The second-order valence-corrected chi connectivity index (χ2v) is 2.77. The lowest BCUT2D eigenvalue weighted by atomic mass is 10.5. The summed E-state index contributed by atoms with van der Waals surface area (Å²) >= 11 is 0. The number of aliphatic imine (C=N–C) groups is 1. The molecule has 0 saturated heterocycles. The van der Waals surface area contributed by atoms with Gasteiger partial charge in [0.1, 0.15) is 5.65 Å². The molecule has 3 heteroatoms. The molecule has 2 heterocycles. The molecular formula is C10H11N3. The third-order valence-corrected chi connectivity index (χ3v) is 1.80. The second-order valence-electron chi connectivity index (χ2n) is 2.77. The van der Waals surface area contributed by atoms with E-state index in [1.165, 1.54) is 0 Å². The number of rotatable bonds is 2. The SMILES string of the molecule is CCC=Nc1cnc2ccccn12. The first-order valence-corrected chi connectivity index (χ1v) is 4.36. The third kappa shape index (κ3) is 1.45. The summed E-state index contributed by atoms with van der Waals surface area (Å²) in [4.78, 5) is 8.51. The summed E-state index contributed by atoms with van der Waals surface area (Å²) in [7, 11) is 0. The summed E-state index contributed by atoms with van der Waals surface area (Å²) in [6, 6.07) is 5.90. The summed E-state index contributed by atoms with van der Waals surface area (Å²) in [6.07, 6.45) is 6.57. The molecule has 0 fully saturated rings. The van der Waals surface area contributed by atoms with Gasteiger partial charge in [0.2, 0.25) is 0 Å². The summed E-state index contributed by atoms with van der Waals surface area (Å²) < 4.78 is 1.96. The Bertz CT molecular complexity index is 428. The number of hydrogen-bond donors (Lipinski definition) is 0. The fourth-order valence-corrected chi connectivity index (χ4v) is 1.20. The highest BCUT2D eigenvalue weighted by Gasteiger charge is 1.97. The molecule has 0 radical (unpaired) electrons. The Morgan fingerprint density at radius 3 is 3.31 bits per heavy atom. The molecule has 0 aliphatic heterocycles. The van der Waals surface area contributed by atoms with Crippen molar-refractivity contribution in [3.05, 3.63) is 30.6 Å². The van der Waals surface area contributed by atoms with Crippen molar-refractivity contribution in [1.82, 2.24) is 9.38 Å². The average Bonchev–Trinajstić information content (AvgIpc) is 2.58. The number of pyridine rings is 1. The van der Waals surface area contributed by atoms with E-state index in [0.29, 0.717) is 0 Å². The molecule has 0 atom stereocenters. The molecule has 0 unspecified atom stereocenters. The van der Waals surface area contributed by atoms with Crippen LogP contribution >= 0.6 is 0 Å². The minimum absolute atomic E-state index is 0.887. The first-order valence-electron chi connectivity index (χ1n) is 4.36. The van der Waals surface area contributed by atoms with E-state index < -0.39 is 0 Å². The van der Waals surface area contributed by atoms with Crippen LogP contribution in [-0.2, 0) is 0 Å². The molecule has 2 aromatic rings. The highest BCUT2D eigenvalue weighted by molar-refractivity contribution is 5.62. The molecule has 13 heavy (non-hydrogen) atoms. The Hall–Kier alpha value is -1.64. The van der Waals surface area contributed by atoms with Crippen molar-refractivity contribution >= 4 is 17.7 Å². The molecule has 3 nitrogen and oxygen atoms in total. The first kappa shape index (κ1) is 7.98. The van der Waals surface area contributed by atoms with Gasteiger partial charge in [0.25, 0.3) is 0 Å². The lowest BCUT2D eigenvalue weighted by Crippen LogP contribution is -1.81. The Balaban J connectivity index is 2.52. The normalized spacial score (nSPS) is 11.5. The van der Waals surface area contributed by atoms with E-state index in [1.807, 2.05) is 35.0 Å². The van der Waals surface area contributed by atoms with E-state index in [-0.39, 0.29) is 0 Å². The smallest absolute Gasteiger partial charge is 0.156 e. The molecule has 0 spiro atoms. The van der Waals surface area contributed by atoms with Gasteiger partial charge in [0, 0.05) is 12.4 Å². The van der Waals surface area contributed by atoms with Crippen molar-refractivity contribution in [1.29, 1.82) is 0 Å². The summed E-state index contributed by atoms with van der Waals surface area (Å²) in [5.74, 6) is 0.887. The van der Waals surface area contributed by atoms with Crippen LogP contribution in [0.4, 0.5) is 5.82 Å². The van der Waals surface area contributed by atoms with Crippen molar-refractivity contribution in [2.24, 2.45) is 4.99 Å². The van der Waals surface area contributed by atoms with Crippen molar-refractivity contribution in [3.8, 4) is 0 Å². The quantitative estimate of drug-likeness (QED) is 0.641. The highest BCUT2D eigenvalue weighted by atomic mass is 15.1. The number of imidazole rings is 1. The van der Waals surface area contributed by atoms with Gasteiger partial charge in [-0.05, 0) is 18.6 Å². The van der Waals surface area contributed by atoms with Gasteiger partial charge >= 0.3 is 0 Å². The van der Waals surface area contributed by atoms with Crippen LogP contribution in [-0.4, -0.2) is 15.6 Å². The number of nitrogens with zero attached hydrogens (tertiary/aromatic N) is 3. The molecule has 0 N–H and O–H groups in total. The molecule has 0 aliphatic carbocycles. The largest absolute Gasteiger partial charge is 0.285 e. The van der Waals surface area contributed by atoms with Crippen molar-refractivity contribution < 1.29 is 0 Å². The van der Waals surface area contributed by atoms with E-state index >= 15 is 0 Å². The second kappa shape index (κ2) is 3.39. The molecule has 2 aromatic heterocycles. The molecular weight excluding hydrogens is 162 g/mol. The third-order valence-electron chi connectivity index (χ3n) is 1.80. The van der Waals surface area contributed by atoms with Crippen molar-refractivity contribution in [2.45, 2.75) is 13.3 Å². The van der Waals surface area contributed by atoms with Crippen LogP contribution < -0.4 is 0 Å². The van der Waals surface area contributed by atoms with E-state index in [0.717, 1.165) is 17.9 Å². The standard InChI is InChI=1S/C10H11N3/c1-2-6-11-10-8-12-9-5-3-4-7-13(9)10/h3-8H,2H2,1H3. The molecule has 0 aromatic carbocycles. The maximum absolute atomic E-state index is 4.29. The zero-order valence-electron chi connectivity index (χ0n) is 7.51. The number of fused-ring (bicyclic) bond motifs is 1. The van der Waals surface area contributed by atoms with E-state index in [1.54, 1.807) is 6.20 Å². The van der Waals surface area contributed by atoms with Gasteiger partial charge in [0.15, 0.2) is 5.82 Å². The minimum Gasteiger partial charge on any atom is -0.285 e. The van der Waals surface area contributed by atoms with Gasteiger partial charge < -0.3 is 0 Å². The first-order chi connectivity index (χ1) is 6.42. The van der Waals surface area contributed by atoms with Crippen molar-refractivity contribution in [2.75, 3.05) is 0 Å². The van der Waals surface area contributed by atoms with E-state index in [2.05, 4.69) is 16.9 Å². The molecule has 0 aliphatic rings. The minimum atomic E-state index is 0.887. The molecule has 0 saturated carbocycles. The van der Waals surface area contributed by atoms with Crippen LogP contribution in [0.5, 0.6) is 0 Å². The lowest BCUT2D eigenvalue weighted by Gasteiger charge is -1.93. The van der Waals surface area contributed by atoms with Crippen LogP contribution in [0.25, 0.3) is 5.65 Å². The lowest BCUT2D eigenvalue weighted by molar-refractivity contribution is 1.16. The van der Waals surface area contributed by atoms with E-state index in [9.17, 15) is 0 Å². The molecule has 0 amide bonds. The zero-order chi connectivity index (χ0) is 9.10. The van der Waals surface area contributed by atoms with Gasteiger partial charge in [-0.1, -0.05) is 13.0 Å². The zero-order valence-corrected chi connectivity index (χ0v) is 7.51. The molecule has 2 rings (SSSR count). The molecule has 66 valence electrons. The predicted octanol–water partition coefficient (Wildman–Crippen LogP) is 2.45. The summed E-state index contributed by atoms with van der Waals surface area (Å²) in [5.41, 5.74) is 0.936. The van der Waals surface area contributed by atoms with Crippen molar-refractivity contribution in [3.63, 3.8) is 0 Å². The monoisotopic (exact) mass is 173 g/mol. The fraction of sp³-hybridized carbons (Fsp3) is 0.200. The van der Waals surface area contributed by atoms with Gasteiger partial charge in [-0.3, -0.25) is 4.40 Å². The fourth-order valence-electron chi connectivity index (χ4n) is 1.20. The van der Waals surface area contributed by atoms with Gasteiger partial charge in [-0.25, -0.2) is 9.98 Å². The van der Waals surface area contributed by atoms with Gasteiger partial charge in [-0.2, -0.15) is 0 Å². The summed E-state index contributed by atoms with van der Waals surface area (Å²) in [6.45, 7) is 2.06. The van der Waals surface area contributed by atoms with Crippen LogP contribution in [0, 0.1) is 0 Å². The summed E-state index contributed by atoms with van der Waals surface area (Å²) in [5, 5.41) is 0. The molecule has 0 bridgehead atoms. The highest BCUT2D eigenvalue weighted by Crippen LogP contribution is 2.13. The van der Waals surface area contributed by atoms with E-state index in [4.69, 9.17) is 0 Å². The Morgan fingerprint density at radius 2 is 2.46 bits per heavy atom. The average molecular weight is 173 g/mol. The van der Waals surface area contributed by atoms with Gasteiger partial charge in [-0.15, -0.1) is 0 Å². The van der Waals surface area contributed by atoms with Crippen LogP contribution in [0.2, 0.25) is 0 Å². The Morgan fingerprint density at radius 1 is 1.54 bits per heavy atom. The van der Waals surface area contributed by atoms with Gasteiger partial charge in [0.05, 0.1) is 6.20 Å². The Kier molecular flexibility index (Phi) is 2.08. The maximum Gasteiger partial charge on any atom is 0.156 e. The Labute approximate surface area is 76.8 Å². The topological polar surface area (TPSA) is 29.7 Å². The number of aromatic nitrogens is 2. The predicted molar refractivity (Wildman–Crippen MR) is 53.6 cm³/mol. The number of hydrogen-bond acceptors (Lipinski definition) is 2. The van der Waals surface area contributed by atoms with Crippen LogP contribution in [0.3, 0.4) is 0 Å². The van der Waals surface area contributed by atoms with Crippen LogP contribution in [0.1, 0.15) is 13.3 Å².